The molecule has 1 aromatic rings. The summed E-state index contributed by atoms with van der Waals surface area (Å²) in [5.41, 5.74) is 1.31. The van der Waals surface area contributed by atoms with Gasteiger partial charge in [0.05, 0.1) is 6.04 Å². The Bertz CT molecular complexity index is 479. The monoisotopic (exact) mass is 263 g/mol. The predicted molar refractivity (Wildman–Crippen MR) is 69.5 cm³/mol. The van der Waals surface area contributed by atoms with E-state index in [0.29, 0.717) is 5.56 Å². The highest BCUT2D eigenvalue weighted by molar-refractivity contribution is 6.01. The molecule has 0 heterocycles. The Morgan fingerprint density at radius 1 is 1.16 bits per heavy atom. The summed E-state index contributed by atoms with van der Waals surface area (Å²) in [6.45, 7) is 4.53. The van der Waals surface area contributed by atoms with Crippen molar-refractivity contribution >= 4 is 17.7 Å². The highest BCUT2D eigenvalue weighted by Gasteiger charge is 2.15. The molecule has 1 N–H and O–H groups in total. The molecule has 1 atom stereocenters. The Morgan fingerprint density at radius 3 is 2.21 bits per heavy atom. The van der Waals surface area contributed by atoms with E-state index < -0.39 is 6.04 Å². The van der Waals surface area contributed by atoms with E-state index in [9.17, 15) is 14.4 Å². The van der Waals surface area contributed by atoms with Crippen LogP contribution in [0.15, 0.2) is 24.3 Å². The van der Waals surface area contributed by atoms with Gasteiger partial charge in [-0.05, 0) is 12.5 Å². The lowest BCUT2D eigenvalue weighted by Gasteiger charge is -2.11. The van der Waals surface area contributed by atoms with Gasteiger partial charge in [-0.25, -0.2) is 0 Å². The first-order chi connectivity index (χ1) is 8.90. The first-order valence-corrected chi connectivity index (χ1v) is 5.93. The Labute approximate surface area is 111 Å². The number of carbonyl (C=O) groups excluding carboxylic acids is 3. The average Bonchev–Trinajstić information content (AvgIpc) is 2.35. The molecule has 19 heavy (non-hydrogen) atoms. The van der Waals surface area contributed by atoms with Crippen molar-refractivity contribution in [1.29, 1.82) is 0 Å². The largest absolute Gasteiger partial charge is 0.461 e. The van der Waals surface area contributed by atoms with Crippen LogP contribution in [-0.2, 0) is 20.9 Å². The van der Waals surface area contributed by atoms with Crippen LogP contribution in [0.1, 0.15) is 36.7 Å². The normalized spacial score (nSPS) is 11.5. The van der Waals surface area contributed by atoms with Crippen LogP contribution in [0.4, 0.5) is 0 Å². The molecule has 102 valence electrons. The smallest absolute Gasteiger partial charge is 0.302 e. The second-order valence-electron chi connectivity index (χ2n) is 4.26. The van der Waals surface area contributed by atoms with Crippen molar-refractivity contribution < 1.29 is 19.1 Å². The molecule has 0 aromatic heterocycles. The number of nitrogens with one attached hydrogen (secondary N) is 1. The second-order valence-corrected chi connectivity index (χ2v) is 4.26. The molecule has 0 saturated carbocycles. The van der Waals surface area contributed by atoms with Crippen LogP contribution in [-0.4, -0.2) is 23.7 Å². The van der Waals surface area contributed by atoms with Crippen molar-refractivity contribution in [3.8, 4) is 0 Å². The van der Waals surface area contributed by atoms with Crippen molar-refractivity contribution in [1.82, 2.24) is 5.32 Å². The molecule has 0 aliphatic heterocycles. The summed E-state index contributed by atoms with van der Waals surface area (Å²) in [6.07, 6.45) is 0. The number of esters is 1. The number of Topliss-reactive ketones (excluding diaryl/α,β-unsaturated/α-hetero) is 1. The number of benzene rings is 1. The van der Waals surface area contributed by atoms with E-state index in [4.69, 9.17) is 4.74 Å². The van der Waals surface area contributed by atoms with Crippen LogP contribution in [0.5, 0.6) is 0 Å². The number of ether oxygens (including phenoxy) is 1. The number of hydrogen-bond donors (Lipinski definition) is 1. The molecule has 0 aliphatic rings. The Kier molecular flexibility index (Phi) is 5.23. The Morgan fingerprint density at radius 2 is 1.74 bits per heavy atom. The molecule has 1 rings (SSSR count). The lowest BCUT2D eigenvalue weighted by Crippen LogP contribution is -2.37. The van der Waals surface area contributed by atoms with Crippen LogP contribution in [0.25, 0.3) is 0 Å². The fourth-order valence-electron chi connectivity index (χ4n) is 1.57. The maximum atomic E-state index is 12.0. The minimum Gasteiger partial charge on any atom is -0.461 e. The molecule has 1 amide bonds. The Hall–Kier alpha value is -2.17. The van der Waals surface area contributed by atoms with Crippen LogP contribution in [0, 0.1) is 0 Å². The third kappa shape index (κ3) is 4.91. The van der Waals surface area contributed by atoms with Crippen molar-refractivity contribution in [2.75, 3.05) is 0 Å². The maximum absolute atomic E-state index is 12.0. The van der Waals surface area contributed by atoms with E-state index in [-0.39, 0.29) is 24.3 Å². The van der Waals surface area contributed by atoms with Crippen molar-refractivity contribution in [2.24, 2.45) is 0 Å². The van der Waals surface area contributed by atoms with Gasteiger partial charge in [0.25, 0.3) is 0 Å². The molecule has 0 spiro atoms. The SMILES string of the molecule is CC(=O)NC(C)C(=O)c1ccc(COC(C)=O)cc1. The van der Waals surface area contributed by atoms with Gasteiger partial charge in [-0.3, -0.25) is 14.4 Å². The minimum absolute atomic E-state index is 0.158. The highest BCUT2D eigenvalue weighted by Crippen LogP contribution is 2.08. The lowest BCUT2D eigenvalue weighted by molar-refractivity contribution is -0.142. The molecule has 0 saturated heterocycles. The molecular weight excluding hydrogens is 246 g/mol. The Balaban J connectivity index is 2.67. The van der Waals surface area contributed by atoms with Gasteiger partial charge in [0.1, 0.15) is 6.61 Å². The van der Waals surface area contributed by atoms with Crippen molar-refractivity contribution in [3.63, 3.8) is 0 Å². The van der Waals surface area contributed by atoms with E-state index >= 15 is 0 Å². The quantitative estimate of drug-likeness (QED) is 0.644. The minimum atomic E-state index is -0.559. The molecule has 0 aliphatic carbocycles. The zero-order valence-electron chi connectivity index (χ0n) is 11.2. The maximum Gasteiger partial charge on any atom is 0.302 e. The van der Waals surface area contributed by atoms with Gasteiger partial charge in [0.2, 0.25) is 5.91 Å². The lowest BCUT2D eigenvalue weighted by atomic mass is 10.0. The first kappa shape index (κ1) is 14.9. The predicted octanol–water partition coefficient (Wildman–Crippen LogP) is 1.46. The molecule has 1 unspecified atom stereocenters. The summed E-state index contributed by atoms with van der Waals surface area (Å²) in [7, 11) is 0. The van der Waals surface area contributed by atoms with Crippen LogP contribution >= 0.6 is 0 Å². The number of amides is 1. The molecule has 5 heteroatoms. The highest BCUT2D eigenvalue weighted by atomic mass is 16.5. The third-order valence-corrected chi connectivity index (χ3v) is 2.49. The molecule has 0 bridgehead atoms. The van der Waals surface area contributed by atoms with Gasteiger partial charge < -0.3 is 10.1 Å². The molecule has 0 fully saturated rings. The molecule has 5 nitrogen and oxygen atoms in total. The number of rotatable bonds is 5. The summed E-state index contributed by atoms with van der Waals surface area (Å²) in [5.74, 6) is -0.749. The zero-order chi connectivity index (χ0) is 14.4. The summed E-state index contributed by atoms with van der Waals surface area (Å²) >= 11 is 0. The average molecular weight is 263 g/mol. The third-order valence-electron chi connectivity index (χ3n) is 2.49. The van der Waals surface area contributed by atoms with Crippen molar-refractivity contribution in [2.45, 2.75) is 33.4 Å². The van der Waals surface area contributed by atoms with Gasteiger partial charge >= 0.3 is 5.97 Å². The standard InChI is InChI=1S/C14H17NO4/c1-9(15-10(2)16)14(18)13-6-4-12(5-7-13)8-19-11(3)17/h4-7,9H,8H2,1-3H3,(H,15,16). The number of hydrogen-bond acceptors (Lipinski definition) is 4. The van der Waals surface area contributed by atoms with Gasteiger partial charge in [-0.15, -0.1) is 0 Å². The van der Waals surface area contributed by atoms with E-state index in [2.05, 4.69) is 5.32 Å². The van der Waals surface area contributed by atoms with Gasteiger partial charge in [0, 0.05) is 19.4 Å². The van der Waals surface area contributed by atoms with Crippen LogP contribution < -0.4 is 5.32 Å². The molecular formula is C14H17NO4. The van der Waals surface area contributed by atoms with Crippen LogP contribution in [0.3, 0.4) is 0 Å². The van der Waals surface area contributed by atoms with Crippen LogP contribution in [0.2, 0.25) is 0 Å². The zero-order valence-corrected chi connectivity index (χ0v) is 11.2. The number of ketones is 1. The second kappa shape index (κ2) is 6.68. The summed E-state index contributed by atoms with van der Waals surface area (Å²) in [5, 5.41) is 2.54. The first-order valence-electron chi connectivity index (χ1n) is 5.93. The topological polar surface area (TPSA) is 72.5 Å². The fraction of sp³-hybridized carbons (Fsp3) is 0.357. The van der Waals surface area contributed by atoms with E-state index in [1.54, 1.807) is 31.2 Å². The fourth-order valence-corrected chi connectivity index (χ4v) is 1.57. The van der Waals surface area contributed by atoms with E-state index in [0.717, 1.165) is 5.56 Å². The van der Waals surface area contributed by atoms with E-state index in [1.165, 1.54) is 13.8 Å². The van der Waals surface area contributed by atoms with Gasteiger partial charge in [0.15, 0.2) is 5.78 Å². The summed E-state index contributed by atoms with van der Waals surface area (Å²) in [4.78, 5) is 33.5. The van der Waals surface area contributed by atoms with Crippen molar-refractivity contribution in [3.05, 3.63) is 35.4 Å². The van der Waals surface area contributed by atoms with Gasteiger partial charge in [-0.1, -0.05) is 24.3 Å². The molecule has 0 radical (unpaired) electrons. The van der Waals surface area contributed by atoms with E-state index in [1.807, 2.05) is 0 Å². The summed E-state index contributed by atoms with van der Waals surface area (Å²) in [6, 6.07) is 6.18. The van der Waals surface area contributed by atoms with Gasteiger partial charge in [-0.2, -0.15) is 0 Å². The number of carbonyl (C=O) groups is 3. The summed E-state index contributed by atoms with van der Waals surface area (Å²) < 4.78 is 4.85. The molecule has 1 aromatic carbocycles.